The van der Waals surface area contributed by atoms with E-state index < -0.39 is 57.9 Å². The van der Waals surface area contributed by atoms with Gasteiger partial charge < -0.3 is 23.9 Å². The van der Waals surface area contributed by atoms with Crippen LogP contribution in [0.1, 0.15) is 5.56 Å². The third kappa shape index (κ3) is 8.82. The second-order valence-electron chi connectivity index (χ2n) is 5.91. The number of methoxy groups -OCH3 is 1. The Kier molecular flexibility index (Phi) is 10.6. The maximum atomic E-state index is 11.1. The molecule has 4 N–H and O–H groups in total. The normalized spacial score (nSPS) is 27.9. The van der Waals surface area contributed by atoms with Crippen molar-refractivity contribution in [2.75, 3.05) is 13.7 Å². The van der Waals surface area contributed by atoms with Crippen LogP contribution in [0.3, 0.4) is 0 Å². The van der Waals surface area contributed by atoms with Crippen LogP contribution in [0.2, 0.25) is 0 Å². The zero-order valence-electron chi connectivity index (χ0n) is 15.7. The molecule has 15 heteroatoms. The number of rotatable bonds is 9. The third-order valence-corrected chi connectivity index (χ3v) is 4.89. The minimum Gasteiger partial charge on any atom is -0.735 e. The molecule has 12 nitrogen and oxygen atoms in total. The fourth-order valence-corrected chi connectivity index (χ4v) is 3.59. The van der Waals surface area contributed by atoms with Crippen LogP contribution in [0.15, 0.2) is 30.3 Å². The molecule has 29 heavy (non-hydrogen) atoms. The van der Waals surface area contributed by atoms with E-state index in [-0.39, 0.29) is 36.2 Å². The Labute approximate surface area is 191 Å². The van der Waals surface area contributed by atoms with E-state index >= 15 is 0 Å². The van der Waals surface area contributed by atoms with E-state index in [2.05, 4.69) is 4.18 Å². The minimum absolute atomic E-state index is 0. The number of aliphatic hydroxyl groups is 1. The van der Waals surface area contributed by atoms with Crippen molar-refractivity contribution in [2.45, 2.75) is 37.3 Å². The number of nitrogens with two attached hydrogens (primary N) is 1. The SMILES string of the molecule is CO[C@H]1O[C@H](COS(N)(=O)=O)[C@@H](OCc2ccccc2)[C@H](O)[C@H]1NS(=O)(=O)[O-].[Na+]. The van der Waals surface area contributed by atoms with Crippen LogP contribution in [0.4, 0.5) is 0 Å². The monoisotopic (exact) mass is 464 g/mol. The molecule has 0 aromatic heterocycles. The minimum atomic E-state index is -4.97. The Hall–Kier alpha value is -0.200. The van der Waals surface area contributed by atoms with Crippen LogP contribution in [0.25, 0.3) is 0 Å². The first-order chi connectivity index (χ1) is 13.0. The fraction of sp³-hybridized carbons (Fsp3) is 0.571. The first kappa shape index (κ1) is 26.8. The van der Waals surface area contributed by atoms with Crippen molar-refractivity contribution in [2.24, 2.45) is 5.14 Å². The van der Waals surface area contributed by atoms with E-state index in [0.717, 1.165) is 12.7 Å². The zero-order chi connectivity index (χ0) is 20.9. The summed E-state index contributed by atoms with van der Waals surface area (Å²) in [7, 11) is -8.14. The van der Waals surface area contributed by atoms with Crippen LogP contribution >= 0.6 is 0 Å². The number of aliphatic hydroxyl groups excluding tert-OH is 1. The van der Waals surface area contributed by atoms with Gasteiger partial charge in [0.15, 0.2) is 16.6 Å². The molecule has 1 heterocycles. The summed E-state index contributed by atoms with van der Waals surface area (Å²) in [6.07, 6.45) is -5.51. The van der Waals surface area contributed by atoms with Gasteiger partial charge in [-0.05, 0) is 5.56 Å². The molecule has 1 fully saturated rings. The Balaban J connectivity index is 0.00000420. The standard InChI is InChI=1S/C14H22N2O10S2.Na/c1-23-14-11(16-28(20,21)22)12(17)13(10(26-14)8-25-27(15,18)19)24-7-9-5-3-2-4-6-9;/h2-6,10-14,16-17H,7-8H2,1H3,(H2,15,18,19)(H,20,21,22);/q;+1/p-1/t10-,11-,12-,13-,14+;/m1./s1. The Morgan fingerprint density at radius 3 is 2.38 bits per heavy atom. The van der Waals surface area contributed by atoms with Crippen molar-refractivity contribution in [1.82, 2.24) is 4.72 Å². The summed E-state index contributed by atoms with van der Waals surface area (Å²) in [6.45, 7) is -0.654. The van der Waals surface area contributed by atoms with Gasteiger partial charge >= 0.3 is 39.9 Å². The second-order valence-corrected chi connectivity index (χ2v) is 8.27. The molecule has 1 aliphatic rings. The summed E-state index contributed by atoms with van der Waals surface area (Å²) in [5.41, 5.74) is 0.718. The average molecular weight is 464 g/mol. The van der Waals surface area contributed by atoms with E-state index in [0.29, 0.717) is 0 Å². The first-order valence-corrected chi connectivity index (χ1v) is 10.8. The van der Waals surface area contributed by atoms with E-state index in [1.54, 1.807) is 35.1 Å². The summed E-state index contributed by atoms with van der Waals surface area (Å²) in [6, 6.07) is 7.27. The van der Waals surface area contributed by atoms with Gasteiger partial charge in [-0.25, -0.2) is 18.3 Å². The predicted molar refractivity (Wildman–Crippen MR) is 92.4 cm³/mol. The molecular formula is C14H21N2NaO10S2. The van der Waals surface area contributed by atoms with Gasteiger partial charge in [-0.2, -0.15) is 8.42 Å². The number of ether oxygens (including phenoxy) is 3. The van der Waals surface area contributed by atoms with Gasteiger partial charge in [-0.3, -0.25) is 4.18 Å². The summed E-state index contributed by atoms with van der Waals surface area (Å²) >= 11 is 0. The molecule has 0 amide bonds. The van der Waals surface area contributed by atoms with Crippen LogP contribution in [-0.2, 0) is 45.6 Å². The number of nitrogens with one attached hydrogen (secondary N) is 1. The van der Waals surface area contributed by atoms with Gasteiger partial charge in [0.25, 0.3) is 0 Å². The Bertz CT molecular complexity index is 837. The van der Waals surface area contributed by atoms with E-state index in [9.17, 15) is 26.5 Å². The van der Waals surface area contributed by atoms with Crippen LogP contribution in [-0.4, -0.2) is 70.9 Å². The molecule has 1 aromatic carbocycles. The van der Waals surface area contributed by atoms with Gasteiger partial charge in [0.2, 0.25) is 0 Å². The first-order valence-electron chi connectivity index (χ1n) is 7.92. The van der Waals surface area contributed by atoms with Crippen molar-refractivity contribution in [1.29, 1.82) is 0 Å². The van der Waals surface area contributed by atoms with Crippen LogP contribution < -0.4 is 39.4 Å². The second kappa shape index (κ2) is 11.4. The molecule has 0 bridgehead atoms. The molecule has 0 spiro atoms. The maximum Gasteiger partial charge on any atom is 1.00 e. The van der Waals surface area contributed by atoms with Gasteiger partial charge in [0.1, 0.15) is 24.4 Å². The van der Waals surface area contributed by atoms with Gasteiger partial charge in [0.05, 0.1) is 13.2 Å². The number of hydrogen-bond donors (Lipinski definition) is 3. The fourth-order valence-electron chi connectivity index (χ4n) is 2.68. The molecule has 160 valence electrons. The average Bonchev–Trinajstić information content (AvgIpc) is 2.60. The molecule has 1 saturated heterocycles. The molecular weight excluding hydrogens is 443 g/mol. The molecule has 0 unspecified atom stereocenters. The van der Waals surface area contributed by atoms with Crippen LogP contribution in [0.5, 0.6) is 0 Å². The van der Waals surface area contributed by atoms with Crippen molar-refractivity contribution in [3.63, 3.8) is 0 Å². The molecule has 2 rings (SSSR count). The van der Waals surface area contributed by atoms with Gasteiger partial charge in [-0.1, -0.05) is 30.3 Å². The molecule has 1 aromatic rings. The zero-order valence-corrected chi connectivity index (χ0v) is 19.3. The van der Waals surface area contributed by atoms with Gasteiger partial charge in [-0.15, -0.1) is 0 Å². The Morgan fingerprint density at radius 1 is 1.24 bits per heavy atom. The van der Waals surface area contributed by atoms with Crippen molar-refractivity contribution >= 4 is 20.6 Å². The Morgan fingerprint density at radius 2 is 1.86 bits per heavy atom. The number of hydrogen-bond acceptors (Lipinski definition) is 10. The third-order valence-electron chi connectivity index (χ3n) is 3.87. The van der Waals surface area contributed by atoms with Gasteiger partial charge in [0, 0.05) is 7.11 Å². The van der Waals surface area contributed by atoms with Crippen molar-refractivity contribution < 1.29 is 74.4 Å². The largest absolute Gasteiger partial charge is 1.00 e. The van der Waals surface area contributed by atoms with Crippen LogP contribution in [0, 0.1) is 0 Å². The summed E-state index contributed by atoms with van der Waals surface area (Å²) in [5, 5.41) is 15.4. The topological polar surface area (TPSA) is 187 Å². The summed E-state index contributed by atoms with van der Waals surface area (Å²) in [4.78, 5) is 0. The molecule has 5 atom stereocenters. The summed E-state index contributed by atoms with van der Waals surface area (Å²) in [5.74, 6) is 0. The van der Waals surface area contributed by atoms with E-state index in [1.165, 1.54) is 0 Å². The number of benzene rings is 1. The predicted octanol–water partition coefficient (Wildman–Crippen LogP) is -5.05. The smallest absolute Gasteiger partial charge is 0.735 e. The summed E-state index contributed by atoms with van der Waals surface area (Å²) < 4.78 is 77.6. The molecule has 0 radical (unpaired) electrons. The van der Waals surface area contributed by atoms with E-state index in [1.807, 2.05) is 0 Å². The quantitative estimate of drug-likeness (QED) is 0.236. The molecule has 0 aliphatic carbocycles. The van der Waals surface area contributed by atoms with E-state index in [4.69, 9.17) is 19.3 Å². The van der Waals surface area contributed by atoms with Crippen molar-refractivity contribution in [3.8, 4) is 0 Å². The molecule has 0 saturated carbocycles. The van der Waals surface area contributed by atoms with Crippen molar-refractivity contribution in [3.05, 3.63) is 35.9 Å². The molecule has 1 aliphatic heterocycles. The maximum absolute atomic E-state index is 11.1.